The maximum absolute atomic E-state index is 5.78. The number of guanidine groups is 1. The number of nitrogens with one attached hydrogen (secondary N) is 2. The van der Waals surface area contributed by atoms with Crippen LogP contribution in [-0.4, -0.2) is 62.2 Å². The van der Waals surface area contributed by atoms with Crippen LogP contribution in [-0.2, 0) is 18.4 Å². The van der Waals surface area contributed by atoms with Gasteiger partial charge in [0.1, 0.15) is 5.75 Å². The fourth-order valence-electron chi connectivity index (χ4n) is 3.54. The lowest BCUT2D eigenvalue weighted by Gasteiger charge is -2.34. The van der Waals surface area contributed by atoms with E-state index in [-0.39, 0.29) is 24.0 Å². The van der Waals surface area contributed by atoms with Crippen LogP contribution in [0, 0.1) is 0 Å². The number of methoxy groups -OCH3 is 1. The lowest BCUT2D eigenvalue weighted by Crippen LogP contribution is -2.51. The second-order valence-electron chi connectivity index (χ2n) is 7.17. The Morgan fingerprint density at radius 1 is 1.33 bits per heavy atom. The first-order valence-corrected chi connectivity index (χ1v) is 10.1. The molecular formula is C21H33IN6O2. The Bertz CT molecular complexity index is 797. The number of halogens is 1. The molecular weight excluding hydrogens is 495 g/mol. The van der Waals surface area contributed by atoms with Gasteiger partial charge >= 0.3 is 0 Å². The lowest BCUT2D eigenvalue weighted by atomic mass is 10.1. The van der Waals surface area contributed by atoms with Gasteiger partial charge in [-0.1, -0.05) is 18.2 Å². The number of aryl methyl sites for hydroxylation is 1. The van der Waals surface area contributed by atoms with E-state index in [4.69, 9.17) is 9.47 Å². The molecule has 1 unspecified atom stereocenters. The highest BCUT2D eigenvalue weighted by Gasteiger charge is 2.21. The lowest BCUT2D eigenvalue weighted by molar-refractivity contribution is 0.123. The second kappa shape index (κ2) is 12.6. The van der Waals surface area contributed by atoms with Crippen molar-refractivity contribution in [2.24, 2.45) is 12.0 Å². The highest BCUT2D eigenvalue weighted by molar-refractivity contribution is 14.0. The minimum absolute atomic E-state index is 0. The topological polar surface area (TPSA) is 75.9 Å². The zero-order chi connectivity index (χ0) is 20.5. The number of rotatable bonds is 8. The average molecular weight is 528 g/mol. The maximum atomic E-state index is 5.78. The number of piperidine rings is 1. The van der Waals surface area contributed by atoms with Gasteiger partial charge < -0.3 is 25.0 Å². The Balaban J connectivity index is 0.00000320. The molecule has 166 valence electrons. The molecule has 1 aliphatic rings. The van der Waals surface area contributed by atoms with Gasteiger partial charge in [-0.25, -0.2) is 0 Å². The fraction of sp³-hybridized carbons (Fsp3) is 0.524. The largest absolute Gasteiger partial charge is 0.496 e. The van der Waals surface area contributed by atoms with Gasteiger partial charge in [-0.3, -0.25) is 9.67 Å². The van der Waals surface area contributed by atoms with Crippen LogP contribution < -0.4 is 20.3 Å². The number of hydrogen-bond acceptors (Lipinski definition) is 5. The molecule has 30 heavy (non-hydrogen) atoms. The summed E-state index contributed by atoms with van der Waals surface area (Å²) in [7, 11) is 5.42. The van der Waals surface area contributed by atoms with E-state index in [0.29, 0.717) is 25.8 Å². The Morgan fingerprint density at radius 3 is 2.90 bits per heavy atom. The van der Waals surface area contributed by atoms with Crippen LogP contribution in [0.4, 0.5) is 5.69 Å². The first-order chi connectivity index (χ1) is 14.2. The maximum Gasteiger partial charge on any atom is 0.191 e. The van der Waals surface area contributed by atoms with Gasteiger partial charge in [-0.2, -0.15) is 5.10 Å². The minimum atomic E-state index is 0. The van der Waals surface area contributed by atoms with Crippen LogP contribution >= 0.6 is 24.0 Å². The van der Waals surface area contributed by atoms with E-state index >= 15 is 0 Å². The van der Waals surface area contributed by atoms with Crippen molar-refractivity contribution in [3.63, 3.8) is 0 Å². The van der Waals surface area contributed by atoms with Gasteiger partial charge in [0.15, 0.2) is 5.96 Å². The highest BCUT2D eigenvalue weighted by Crippen LogP contribution is 2.19. The van der Waals surface area contributed by atoms with Gasteiger partial charge in [0, 0.05) is 51.5 Å². The van der Waals surface area contributed by atoms with Crippen molar-refractivity contribution in [3.8, 4) is 5.75 Å². The number of ether oxygens (including phenoxy) is 2. The van der Waals surface area contributed by atoms with Crippen molar-refractivity contribution in [2.75, 3.05) is 45.3 Å². The normalized spacial score (nSPS) is 16.7. The Hall–Kier alpha value is -2.01. The Morgan fingerprint density at radius 2 is 2.17 bits per heavy atom. The number of aliphatic imine (C=N–C) groups is 1. The highest BCUT2D eigenvalue weighted by atomic mass is 127. The summed E-state index contributed by atoms with van der Waals surface area (Å²) >= 11 is 0. The third-order valence-corrected chi connectivity index (χ3v) is 5.03. The molecule has 0 radical (unpaired) electrons. The molecule has 0 spiro atoms. The van der Waals surface area contributed by atoms with Gasteiger partial charge in [0.25, 0.3) is 0 Å². The molecule has 1 aliphatic heterocycles. The van der Waals surface area contributed by atoms with E-state index in [1.54, 1.807) is 14.2 Å². The summed E-state index contributed by atoms with van der Waals surface area (Å²) in [5.74, 6) is 1.66. The van der Waals surface area contributed by atoms with Crippen LogP contribution in [0.25, 0.3) is 0 Å². The molecule has 1 fully saturated rings. The molecule has 2 aromatic rings. The number of aromatic nitrogens is 2. The zero-order valence-corrected chi connectivity index (χ0v) is 20.3. The van der Waals surface area contributed by atoms with Crippen molar-refractivity contribution < 1.29 is 9.47 Å². The van der Waals surface area contributed by atoms with Crippen molar-refractivity contribution in [1.82, 2.24) is 20.4 Å². The monoisotopic (exact) mass is 528 g/mol. The third-order valence-electron chi connectivity index (χ3n) is 5.03. The van der Waals surface area contributed by atoms with E-state index in [9.17, 15) is 0 Å². The van der Waals surface area contributed by atoms with Crippen molar-refractivity contribution in [1.29, 1.82) is 0 Å². The molecule has 2 N–H and O–H groups in total. The van der Waals surface area contributed by atoms with E-state index in [1.807, 2.05) is 42.2 Å². The van der Waals surface area contributed by atoms with Gasteiger partial charge in [0.2, 0.25) is 0 Å². The molecule has 2 heterocycles. The molecule has 0 amide bonds. The SMILES string of the molecule is CN=C(NCCOCc1ccccc1OC)NC1CCCN(c2cnn(C)c2)C1.I. The Kier molecular flexibility index (Phi) is 10.2. The molecule has 0 aliphatic carbocycles. The second-order valence-corrected chi connectivity index (χ2v) is 7.17. The van der Waals surface area contributed by atoms with E-state index in [1.165, 1.54) is 5.69 Å². The predicted octanol–water partition coefficient (Wildman–Crippen LogP) is 2.40. The third kappa shape index (κ3) is 7.05. The molecule has 1 atom stereocenters. The minimum Gasteiger partial charge on any atom is -0.496 e. The standard InChI is InChI=1S/C21H32N6O2.HI/c1-22-21(23-10-12-29-16-17-7-4-5-9-20(17)28-3)25-18-8-6-11-27(14-18)19-13-24-26(2)15-19;/h4-5,7,9,13,15,18H,6,8,10-12,14,16H2,1-3H3,(H2,22,23,25);1H. The molecule has 3 rings (SSSR count). The quantitative estimate of drug-likeness (QED) is 0.237. The molecule has 1 saturated heterocycles. The number of nitrogens with zero attached hydrogens (tertiary/aromatic N) is 4. The van der Waals surface area contributed by atoms with Crippen LogP contribution in [0.2, 0.25) is 0 Å². The fourth-order valence-corrected chi connectivity index (χ4v) is 3.54. The van der Waals surface area contributed by atoms with Crippen molar-refractivity contribution in [2.45, 2.75) is 25.5 Å². The van der Waals surface area contributed by atoms with Crippen LogP contribution in [0.5, 0.6) is 5.75 Å². The molecule has 1 aromatic carbocycles. The predicted molar refractivity (Wildman–Crippen MR) is 131 cm³/mol. The van der Waals surface area contributed by atoms with E-state index in [0.717, 1.165) is 43.2 Å². The first-order valence-electron chi connectivity index (χ1n) is 10.1. The van der Waals surface area contributed by atoms with Gasteiger partial charge in [-0.15, -0.1) is 24.0 Å². The van der Waals surface area contributed by atoms with E-state index < -0.39 is 0 Å². The Labute approximate surface area is 196 Å². The zero-order valence-electron chi connectivity index (χ0n) is 18.0. The number of para-hydroxylation sites is 1. The summed E-state index contributed by atoms with van der Waals surface area (Å²) < 4.78 is 13.0. The van der Waals surface area contributed by atoms with Crippen molar-refractivity contribution in [3.05, 3.63) is 42.2 Å². The number of benzene rings is 1. The summed E-state index contributed by atoms with van der Waals surface area (Å²) in [4.78, 5) is 6.72. The van der Waals surface area contributed by atoms with Crippen LogP contribution in [0.15, 0.2) is 41.7 Å². The molecule has 0 saturated carbocycles. The summed E-state index contributed by atoms with van der Waals surface area (Å²) in [6, 6.07) is 8.26. The van der Waals surface area contributed by atoms with Crippen molar-refractivity contribution >= 4 is 35.6 Å². The number of anilines is 1. The molecule has 0 bridgehead atoms. The average Bonchev–Trinajstić information content (AvgIpc) is 3.19. The summed E-state index contributed by atoms with van der Waals surface area (Å²) in [5.41, 5.74) is 2.22. The van der Waals surface area contributed by atoms with E-state index in [2.05, 4.69) is 31.8 Å². The number of hydrogen-bond donors (Lipinski definition) is 2. The summed E-state index contributed by atoms with van der Waals surface area (Å²) in [6.07, 6.45) is 6.26. The first kappa shape index (κ1) is 24.3. The molecule has 1 aromatic heterocycles. The van der Waals surface area contributed by atoms with Gasteiger partial charge in [-0.05, 0) is 18.9 Å². The summed E-state index contributed by atoms with van der Waals surface area (Å²) in [5, 5.41) is 11.2. The smallest absolute Gasteiger partial charge is 0.191 e. The van der Waals surface area contributed by atoms with Gasteiger partial charge in [0.05, 0.1) is 32.2 Å². The molecule has 9 heteroatoms. The summed E-state index contributed by atoms with van der Waals surface area (Å²) in [6.45, 7) is 3.81. The van der Waals surface area contributed by atoms with Crippen LogP contribution in [0.3, 0.4) is 0 Å². The van der Waals surface area contributed by atoms with Crippen LogP contribution in [0.1, 0.15) is 18.4 Å². The molecule has 8 nitrogen and oxygen atoms in total.